The first-order valence-electron chi connectivity index (χ1n) is 5.22. The molecule has 2 aromatic rings. The summed E-state index contributed by atoms with van der Waals surface area (Å²) in [6, 6.07) is 1.76. The first-order chi connectivity index (χ1) is 8.40. The summed E-state index contributed by atoms with van der Waals surface area (Å²) in [5, 5.41) is 15.9. The van der Waals surface area contributed by atoms with Gasteiger partial charge in [-0.15, -0.1) is 0 Å². The lowest BCUT2D eigenvalue weighted by Gasteiger charge is -1.99. The lowest BCUT2D eigenvalue weighted by molar-refractivity contribution is -0.422. The van der Waals surface area contributed by atoms with Gasteiger partial charge >= 0.3 is 0 Å². The smallest absolute Gasteiger partial charge is 0.243 e. The van der Waals surface area contributed by atoms with Gasteiger partial charge in [-0.2, -0.15) is 5.10 Å². The van der Waals surface area contributed by atoms with Crippen molar-refractivity contribution in [2.24, 2.45) is 7.05 Å². The molecule has 0 aromatic carbocycles. The lowest BCUT2D eigenvalue weighted by Crippen LogP contribution is -1.95. The van der Waals surface area contributed by atoms with Crippen molar-refractivity contribution >= 4 is 28.7 Å². The molecule has 0 fully saturated rings. The number of aromatic nitrogens is 3. The molecule has 94 valence electrons. The van der Waals surface area contributed by atoms with Crippen LogP contribution in [0.5, 0.6) is 0 Å². The topological polar surface area (TPSA) is 73.8 Å². The Labute approximate surface area is 108 Å². The van der Waals surface area contributed by atoms with Crippen molar-refractivity contribution in [1.82, 2.24) is 14.8 Å². The van der Waals surface area contributed by atoms with E-state index in [-0.39, 0.29) is 10.9 Å². The van der Waals surface area contributed by atoms with Crippen molar-refractivity contribution in [3.63, 3.8) is 0 Å². The van der Waals surface area contributed by atoms with E-state index in [2.05, 4.69) is 10.1 Å². The molecule has 0 saturated heterocycles. The summed E-state index contributed by atoms with van der Waals surface area (Å²) in [6.07, 6.45) is 1.40. The van der Waals surface area contributed by atoms with E-state index < -0.39 is 4.92 Å². The van der Waals surface area contributed by atoms with Crippen molar-refractivity contribution in [3.8, 4) is 0 Å². The van der Waals surface area contributed by atoms with Crippen LogP contribution in [-0.2, 0) is 7.05 Å². The second-order valence-electron chi connectivity index (χ2n) is 3.99. The third kappa shape index (κ3) is 2.06. The Morgan fingerprint density at radius 3 is 2.89 bits per heavy atom. The van der Waals surface area contributed by atoms with Crippen molar-refractivity contribution in [2.75, 3.05) is 0 Å². The van der Waals surface area contributed by atoms with Crippen molar-refractivity contribution in [3.05, 3.63) is 38.3 Å². The Bertz CT molecular complexity index is 675. The third-order valence-electron chi connectivity index (χ3n) is 2.63. The molecule has 0 spiro atoms. The van der Waals surface area contributed by atoms with Gasteiger partial charge in [0, 0.05) is 31.0 Å². The molecule has 0 radical (unpaired) electrons. The van der Waals surface area contributed by atoms with Crippen molar-refractivity contribution in [2.45, 2.75) is 13.8 Å². The molecule has 0 bridgehead atoms. The van der Waals surface area contributed by atoms with Crippen LogP contribution in [0.1, 0.15) is 18.2 Å². The van der Waals surface area contributed by atoms with E-state index in [1.54, 1.807) is 17.8 Å². The van der Waals surface area contributed by atoms with E-state index in [4.69, 9.17) is 11.6 Å². The zero-order valence-corrected chi connectivity index (χ0v) is 10.9. The van der Waals surface area contributed by atoms with Gasteiger partial charge in [0.25, 0.3) is 0 Å². The standard InChI is InChI=1S/C11H11ClN4O2/c1-6(16(17)18)4-8-5-9-7(2)14-15(3)11(9)13-10(8)12/h4-5H,1-3H3/b6-4+. The zero-order valence-electron chi connectivity index (χ0n) is 10.1. The number of halogens is 1. The van der Waals surface area contributed by atoms with Crippen LogP contribution in [-0.4, -0.2) is 19.7 Å². The molecule has 0 aliphatic rings. The quantitative estimate of drug-likeness (QED) is 0.476. The Morgan fingerprint density at radius 1 is 1.61 bits per heavy atom. The average molecular weight is 267 g/mol. The minimum absolute atomic E-state index is 0.0135. The summed E-state index contributed by atoms with van der Waals surface area (Å²) >= 11 is 6.01. The van der Waals surface area contributed by atoms with E-state index in [0.717, 1.165) is 11.1 Å². The molecule has 6 nitrogen and oxygen atoms in total. The number of aryl methyl sites for hydroxylation is 2. The molecular formula is C11H11ClN4O2. The monoisotopic (exact) mass is 266 g/mol. The molecule has 2 aromatic heterocycles. The van der Waals surface area contributed by atoms with Gasteiger partial charge in [-0.3, -0.25) is 14.8 Å². The second kappa shape index (κ2) is 4.38. The van der Waals surface area contributed by atoms with Gasteiger partial charge < -0.3 is 0 Å². The maximum atomic E-state index is 10.6. The van der Waals surface area contributed by atoms with Gasteiger partial charge in [-0.05, 0) is 13.0 Å². The number of allylic oxidation sites excluding steroid dienone is 1. The van der Waals surface area contributed by atoms with Crippen LogP contribution in [0.2, 0.25) is 5.15 Å². The fourth-order valence-corrected chi connectivity index (χ4v) is 1.90. The van der Waals surface area contributed by atoms with Crippen LogP contribution in [0.4, 0.5) is 0 Å². The predicted molar refractivity (Wildman–Crippen MR) is 68.9 cm³/mol. The molecule has 0 amide bonds. The van der Waals surface area contributed by atoms with Crippen LogP contribution in [0.25, 0.3) is 17.1 Å². The van der Waals surface area contributed by atoms with E-state index in [0.29, 0.717) is 11.2 Å². The minimum atomic E-state index is -0.462. The molecule has 0 aliphatic carbocycles. The minimum Gasteiger partial charge on any atom is -0.259 e. The molecule has 0 unspecified atom stereocenters. The van der Waals surface area contributed by atoms with Crippen molar-refractivity contribution in [1.29, 1.82) is 0 Å². The highest BCUT2D eigenvalue weighted by atomic mass is 35.5. The van der Waals surface area contributed by atoms with E-state index in [1.807, 2.05) is 6.92 Å². The number of rotatable bonds is 2. The molecule has 2 rings (SSSR count). The van der Waals surface area contributed by atoms with Gasteiger partial charge in [0.2, 0.25) is 5.70 Å². The van der Waals surface area contributed by atoms with Crippen LogP contribution < -0.4 is 0 Å². The maximum Gasteiger partial charge on any atom is 0.243 e. The van der Waals surface area contributed by atoms with Crippen LogP contribution >= 0.6 is 11.6 Å². The number of pyridine rings is 1. The lowest BCUT2D eigenvalue weighted by atomic mass is 10.2. The second-order valence-corrected chi connectivity index (χ2v) is 4.35. The highest BCUT2D eigenvalue weighted by molar-refractivity contribution is 6.31. The highest BCUT2D eigenvalue weighted by Crippen LogP contribution is 2.24. The Kier molecular flexibility index (Phi) is 3.04. The molecule has 0 N–H and O–H groups in total. The molecule has 0 aliphatic heterocycles. The van der Waals surface area contributed by atoms with Gasteiger partial charge in [-0.1, -0.05) is 11.6 Å². The van der Waals surface area contributed by atoms with Crippen LogP contribution in [0, 0.1) is 17.0 Å². The number of nitro groups is 1. The number of hydrogen-bond acceptors (Lipinski definition) is 4. The van der Waals surface area contributed by atoms with Gasteiger partial charge in [0.15, 0.2) is 5.65 Å². The molecule has 7 heteroatoms. The average Bonchev–Trinajstić information content (AvgIpc) is 2.55. The predicted octanol–water partition coefficient (Wildman–Crippen LogP) is 2.57. The van der Waals surface area contributed by atoms with E-state index >= 15 is 0 Å². The largest absolute Gasteiger partial charge is 0.259 e. The van der Waals surface area contributed by atoms with Crippen LogP contribution in [0.15, 0.2) is 11.8 Å². The van der Waals surface area contributed by atoms with Crippen molar-refractivity contribution < 1.29 is 4.92 Å². The summed E-state index contributed by atoms with van der Waals surface area (Å²) < 4.78 is 1.63. The zero-order chi connectivity index (χ0) is 13.4. The molecule has 0 saturated carbocycles. The maximum absolute atomic E-state index is 10.6. The van der Waals surface area contributed by atoms with E-state index in [1.165, 1.54) is 13.0 Å². The normalized spacial score (nSPS) is 12.1. The fraction of sp³-hybridized carbons (Fsp3) is 0.273. The van der Waals surface area contributed by atoms with Gasteiger partial charge in [-0.25, -0.2) is 4.98 Å². The van der Waals surface area contributed by atoms with Gasteiger partial charge in [0.1, 0.15) is 5.15 Å². The number of hydrogen-bond donors (Lipinski definition) is 0. The first kappa shape index (κ1) is 12.5. The summed E-state index contributed by atoms with van der Waals surface area (Å²) in [7, 11) is 1.77. The summed E-state index contributed by atoms with van der Waals surface area (Å²) in [4.78, 5) is 14.4. The summed E-state index contributed by atoms with van der Waals surface area (Å²) in [5.41, 5.74) is 2.01. The third-order valence-corrected chi connectivity index (χ3v) is 2.93. The van der Waals surface area contributed by atoms with E-state index in [9.17, 15) is 10.1 Å². The molecular weight excluding hydrogens is 256 g/mol. The molecule has 18 heavy (non-hydrogen) atoms. The SMILES string of the molecule is C/C(=C\c1cc2c(C)nn(C)c2nc1Cl)[N+](=O)[O-]. The molecule has 2 heterocycles. The molecule has 0 atom stereocenters. The Balaban J connectivity index is 2.66. The number of fused-ring (bicyclic) bond motifs is 1. The Morgan fingerprint density at radius 2 is 2.28 bits per heavy atom. The summed E-state index contributed by atoms with van der Waals surface area (Å²) in [5.74, 6) is 0. The fourth-order valence-electron chi connectivity index (χ4n) is 1.72. The first-order valence-corrected chi connectivity index (χ1v) is 5.60. The summed E-state index contributed by atoms with van der Waals surface area (Å²) in [6.45, 7) is 3.27. The highest BCUT2D eigenvalue weighted by Gasteiger charge is 2.12. The van der Waals surface area contributed by atoms with Gasteiger partial charge in [0.05, 0.1) is 10.6 Å². The van der Waals surface area contributed by atoms with Crippen LogP contribution in [0.3, 0.4) is 0 Å². The Hall–Kier alpha value is -1.95. The number of nitrogens with zero attached hydrogens (tertiary/aromatic N) is 4.